The number of benzene rings is 1. The molecular weight excluding hydrogens is 321 g/mol. The van der Waals surface area contributed by atoms with E-state index in [9.17, 15) is 14.0 Å². The van der Waals surface area contributed by atoms with Gasteiger partial charge in [0.2, 0.25) is 5.91 Å². The summed E-state index contributed by atoms with van der Waals surface area (Å²) in [4.78, 5) is 31.3. The Labute approximate surface area is 143 Å². The van der Waals surface area contributed by atoms with Gasteiger partial charge in [0, 0.05) is 19.2 Å². The molecule has 0 N–H and O–H groups in total. The largest absolute Gasteiger partial charge is 0.337 e. The summed E-state index contributed by atoms with van der Waals surface area (Å²) in [5.41, 5.74) is 2.22. The quantitative estimate of drug-likeness (QED) is 0.718. The lowest BCUT2D eigenvalue weighted by Gasteiger charge is -2.28. The number of aromatic nitrogens is 2. The Hall–Kier alpha value is -3.02. The Bertz CT molecular complexity index is 1010. The molecule has 1 aliphatic heterocycles. The summed E-state index contributed by atoms with van der Waals surface area (Å²) in [6.07, 6.45) is 1.96. The zero-order valence-corrected chi connectivity index (χ0v) is 13.5. The Balaban J connectivity index is 1.64. The zero-order chi connectivity index (χ0) is 17.4. The van der Waals surface area contributed by atoms with Gasteiger partial charge in [-0.1, -0.05) is 30.3 Å². The third-order valence-electron chi connectivity index (χ3n) is 4.48. The van der Waals surface area contributed by atoms with Crippen molar-refractivity contribution < 1.29 is 9.18 Å². The average molecular weight is 337 g/mol. The number of rotatable bonds is 2. The van der Waals surface area contributed by atoms with Gasteiger partial charge in [0.05, 0.1) is 24.2 Å². The number of amides is 1. The van der Waals surface area contributed by atoms with Crippen LogP contribution in [0.15, 0.2) is 53.5 Å². The molecule has 4 rings (SSSR count). The van der Waals surface area contributed by atoms with Crippen molar-refractivity contribution in [2.75, 3.05) is 6.54 Å². The van der Waals surface area contributed by atoms with Crippen LogP contribution in [0.3, 0.4) is 0 Å². The van der Waals surface area contributed by atoms with Gasteiger partial charge in [-0.15, -0.1) is 0 Å². The number of hydrogen-bond donors (Lipinski definition) is 0. The minimum Gasteiger partial charge on any atom is -0.337 e. The first kappa shape index (κ1) is 15.5. The van der Waals surface area contributed by atoms with Crippen molar-refractivity contribution in [1.82, 2.24) is 14.3 Å². The molecule has 0 fully saturated rings. The maximum atomic E-state index is 13.4. The van der Waals surface area contributed by atoms with Crippen molar-refractivity contribution in [3.05, 3.63) is 81.7 Å². The van der Waals surface area contributed by atoms with Crippen LogP contribution < -0.4 is 5.56 Å². The molecule has 0 unspecified atom stereocenters. The molecule has 0 saturated carbocycles. The summed E-state index contributed by atoms with van der Waals surface area (Å²) < 4.78 is 14.7. The fourth-order valence-corrected chi connectivity index (χ4v) is 3.17. The number of halogens is 1. The molecule has 126 valence electrons. The summed E-state index contributed by atoms with van der Waals surface area (Å²) in [7, 11) is 0. The van der Waals surface area contributed by atoms with Crippen LogP contribution in [-0.2, 0) is 24.2 Å². The molecule has 0 bridgehead atoms. The second-order valence-corrected chi connectivity index (χ2v) is 6.15. The Morgan fingerprint density at radius 3 is 2.76 bits per heavy atom. The molecule has 0 saturated heterocycles. The first-order valence-electron chi connectivity index (χ1n) is 8.13. The molecule has 6 heteroatoms. The number of fused-ring (bicyclic) bond motifs is 2. The Morgan fingerprint density at radius 2 is 1.96 bits per heavy atom. The van der Waals surface area contributed by atoms with Crippen LogP contribution in [0.4, 0.5) is 4.39 Å². The number of nitrogens with zero attached hydrogens (tertiary/aromatic N) is 3. The molecule has 1 aromatic carbocycles. The molecule has 0 spiro atoms. The Kier molecular flexibility index (Phi) is 3.80. The van der Waals surface area contributed by atoms with Crippen LogP contribution in [0.2, 0.25) is 0 Å². The smallest absolute Gasteiger partial charge is 0.263 e. The van der Waals surface area contributed by atoms with Crippen molar-refractivity contribution in [2.24, 2.45) is 0 Å². The fourth-order valence-electron chi connectivity index (χ4n) is 3.17. The second-order valence-electron chi connectivity index (χ2n) is 6.15. The van der Waals surface area contributed by atoms with Crippen molar-refractivity contribution in [3.8, 4) is 0 Å². The lowest BCUT2D eigenvalue weighted by atomic mass is 10.1. The number of carbonyl (C=O) groups is 1. The highest BCUT2D eigenvalue weighted by atomic mass is 19.1. The van der Waals surface area contributed by atoms with Crippen LogP contribution >= 0.6 is 0 Å². The van der Waals surface area contributed by atoms with Gasteiger partial charge < -0.3 is 4.90 Å². The second kappa shape index (κ2) is 6.12. The maximum absolute atomic E-state index is 13.4. The summed E-state index contributed by atoms with van der Waals surface area (Å²) >= 11 is 0. The van der Waals surface area contributed by atoms with Gasteiger partial charge in [-0.05, 0) is 17.7 Å². The molecule has 3 aromatic rings. The predicted octanol–water partition coefficient (Wildman–Crippen LogP) is 1.96. The molecule has 0 aliphatic carbocycles. The van der Waals surface area contributed by atoms with E-state index >= 15 is 0 Å². The molecule has 2 aromatic heterocycles. The maximum Gasteiger partial charge on any atom is 0.263 e. The lowest BCUT2D eigenvalue weighted by molar-refractivity contribution is -0.131. The summed E-state index contributed by atoms with van der Waals surface area (Å²) in [5, 5.41) is 0. The number of hydrogen-bond acceptors (Lipinski definition) is 3. The van der Waals surface area contributed by atoms with E-state index in [2.05, 4.69) is 4.98 Å². The molecule has 3 heterocycles. The predicted molar refractivity (Wildman–Crippen MR) is 90.7 cm³/mol. The van der Waals surface area contributed by atoms with Crippen LogP contribution in [-0.4, -0.2) is 26.7 Å². The lowest BCUT2D eigenvalue weighted by Crippen LogP contribution is -2.40. The highest BCUT2D eigenvalue weighted by Crippen LogP contribution is 2.16. The first-order chi connectivity index (χ1) is 12.1. The highest BCUT2D eigenvalue weighted by molar-refractivity contribution is 5.79. The number of carbonyl (C=O) groups excluding carboxylic acids is 1. The van der Waals surface area contributed by atoms with Gasteiger partial charge in [0.25, 0.3) is 5.56 Å². The Morgan fingerprint density at radius 1 is 1.16 bits per heavy atom. The minimum atomic E-state index is -0.496. The van der Waals surface area contributed by atoms with Gasteiger partial charge in [0.1, 0.15) is 11.5 Å². The van der Waals surface area contributed by atoms with Gasteiger partial charge in [-0.3, -0.25) is 14.0 Å². The van der Waals surface area contributed by atoms with Crippen molar-refractivity contribution >= 4 is 11.6 Å². The average Bonchev–Trinajstić information content (AvgIpc) is 2.63. The normalized spacial score (nSPS) is 13.7. The van der Waals surface area contributed by atoms with Crippen molar-refractivity contribution in [1.29, 1.82) is 0 Å². The number of pyridine rings is 1. The standard InChI is InChI=1S/C19H16FN3O2/c20-14-6-7-17-21-16-8-9-22(12-15(16)19(25)23(17)11-14)18(24)10-13-4-2-1-3-5-13/h1-7,11H,8-10,12H2. The topological polar surface area (TPSA) is 54.7 Å². The van der Waals surface area contributed by atoms with E-state index in [4.69, 9.17) is 0 Å². The van der Waals surface area contributed by atoms with E-state index in [1.807, 2.05) is 30.3 Å². The van der Waals surface area contributed by atoms with Crippen LogP contribution in [0.1, 0.15) is 16.8 Å². The summed E-state index contributed by atoms with van der Waals surface area (Å²) in [6.45, 7) is 0.745. The van der Waals surface area contributed by atoms with Gasteiger partial charge >= 0.3 is 0 Å². The molecule has 1 amide bonds. The molecule has 0 radical (unpaired) electrons. The van der Waals surface area contributed by atoms with E-state index in [1.165, 1.54) is 16.5 Å². The van der Waals surface area contributed by atoms with Gasteiger partial charge in [0.15, 0.2) is 0 Å². The van der Waals surface area contributed by atoms with Crippen LogP contribution in [0.5, 0.6) is 0 Å². The zero-order valence-electron chi connectivity index (χ0n) is 13.5. The van der Waals surface area contributed by atoms with Crippen molar-refractivity contribution in [2.45, 2.75) is 19.4 Å². The van der Waals surface area contributed by atoms with E-state index < -0.39 is 5.82 Å². The molecule has 25 heavy (non-hydrogen) atoms. The summed E-state index contributed by atoms with van der Waals surface area (Å²) in [5.74, 6) is -0.523. The van der Waals surface area contributed by atoms with Crippen LogP contribution in [0, 0.1) is 5.82 Å². The molecule has 0 atom stereocenters. The summed E-state index contributed by atoms with van der Waals surface area (Å²) in [6, 6.07) is 12.3. The fraction of sp³-hybridized carbons (Fsp3) is 0.211. The molecular formula is C19H16FN3O2. The van der Waals surface area contributed by atoms with Crippen molar-refractivity contribution in [3.63, 3.8) is 0 Å². The van der Waals surface area contributed by atoms with E-state index in [0.717, 1.165) is 11.8 Å². The van der Waals surface area contributed by atoms with Gasteiger partial charge in [-0.2, -0.15) is 0 Å². The SMILES string of the molecule is O=C(Cc1ccccc1)N1CCc2nc3ccc(F)cn3c(=O)c2C1. The van der Waals surface area contributed by atoms with E-state index in [1.54, 1.807) is 4.90 Å². The third-order valence-corrected chi connectivity index (χ3v) is 4.48. The van der Waals surface area contributed by atoms with Crippen LogP contribution in [0.25, 0.3) is 5.65 Å². The van der Waals surface area contributed by atoms with Gasteiger partial charge in [-0.25, -0.2) is 9.37 Å². The van der Waals surface area contributed by atoms with E-state index in [0.29, 0.717) is 36.3 Å². The molecule has 1 aliphatic rings. The highest BCUT2D eigenvalue weighted by Gasteiger charge is 2.25. The van der Waals surface area contributed by atoms with E-state index in [-0.39, 0.29) is 18.0 Å². The monoisotopic (exact) mass is 337 g/mol. The molecule has 5 nitrogen and oxygen atoms in total. The first-order valence-corrected chi connectivity index (χ1v) is 8.13. The third kappa shape index (κ3) is 2.91. The minimum absolute atomic E-state index is 0.0272.